The van der Waals surface area contributed by atoms with Gasteiger partial charge in [-0.05, 0) is 29.4 Å². The van der Waals surface area contributed by atoms with Crippen molar-refractivity contribution in [2.24, 2.45) is 11.1 Å². The monoisotopic (exact) mass is 379 g/mol. The molecule has 1 aliphatic carbocycles. The van der Waals surface area contributed by atoms with Crippen LogP contribution in [0.2, 0.25) is 0 Å². The number of carbonyl (C=O) groups is 1. The van der Waals surface area contributed by atoms with E-state index in [1.54, 1.807) is 7.11 Å². The highest BCUT2D eigenvalue weighted by molar-refractivity contribution is 6.00. The normalized spacial score (nSPS) is 21.6. The molecule has 1 aromatic rings. The van der Waals surface area contributed by atoms with Gasteiger partial charge in [0.15, 0.2) is 5.78 Å². The summed E-state index contributed by atoms with van der Waals surface area (Å²) >= 11 is 0. The van der Waals surface area contributed by atoms with E-state index in [0.29, 0.717) is 31.0 Å². The standard InChI is InChI=1S/C23H29N3O2/c1-5-15-6-8-16(9-7-15)20-17(14-24)22(25)26(10-11-28-4)18-12-23(2,3)13-19(27)21(18)20/h6-9,20H,5,10-13,25H2,1-4H3/t20-/m0/s1. The van der Waals surface area contributed by atoms with Gasteiger partial charge < -0.3 is 15.4 Å². The van der Waals surface area contributed by atoms with Crippen molar-refractivity contribution in [3.05, 3.63) is 58.1 Å². The zero-order valence-electron chi connectivity index (χ0n) is 17.2. The molecule has 0 spiro atoms. The highest BCUT2D eigenvalue weighted by Gasteiger charge is 2.44. The molecule has 0 bridgehead atoms. The first-order chi connectivity index (χ1) is 13.3. The average Bonchev–Trinajstić information content (AvgIpc) is 2.66. The summed E-state index contributed by atoms with van der Waals surface area (Å²) in [5.74, 6) is 0.153. The molecule has 0 fully saturated rings. The van der Waals surface area contributed by atoms with Crippen molar-refractivity contribution in [3.63, 3.8) is 0 Å². The zero-order chi connectivity index (χ0) is 20.5. The lowest BCUT2D eigenvalue weighted by Gasteiger charge is -2.43. The number of methoxy groups -OCH3 is 1. The molecule has 0 saturated heterocycles. The number of Topliss-reactive ketones (excluding diaryl/α,β-unsaturated/α-hetero) is 1. The van der Waals surface area contributed by atoms with E-state index < -0.39 is 5.92 Å². The van der Waals surface area contributed by atoms with Crippen molar-refractivity contribution >= 4 is 5.78 Å². The number of nitriles is 1. The molecule has 5 heteroatoms. The van der Waals surface area contributed by atoms with Crippen molar-refractivity contribution in [3.8, 4) is 6.07 Å². The largest absolute Gasteiger partial charge is 0.384 e. The number of hydrogen-bond acceptors (Lipinski definition) is 5. The fraction of sp³-hybridized carbons (Fsp3) is 0.478. The van der Waals surface area contributed by atoms with Crippen LogP contribution in [0.1, 0.15) is 50.7 Å². The van der Waals surface area contributed by atoms with E-state index in [4.69, 9.17) is 10.5 Å². The van der Waals surface area contributed by atoms with Gasteiger partial charge in [-0.3, -0.25) is 4.79 Å². The average molecular weight is 380 g/mol. The Morgan fingerprint density at radius 1 is 1.29 bits per heavy atom. The van der Waals surface area contributed by atoms with E-state index in [0.717, 1.165) is 29.7 Å². The van der Waals surface area contributed by atoms with Gasteiger partial charge in [0.2, 0.25) is 0 Å². The second-order valence-corrected chi connectivity index (χ2v) is 8.38. The number of allylic oxidation sites excluding steroid dienone is 3. The summed E-state index contributed by atoms with van der Waals surface area (Å²) in [5, 5.41) is 9.94. The zero-order valence-corrected chi connectivity index (χ0v) is 17.2. The Hall–Kier alpha value is -2.58. The highest BCUT2D eigenvalue weighted by Crippen LogP contribution is 2.48. The number of hydrogen-bond donors (Lipinski definition) is 1. The third-order valence-corrected chi connectivity index (χ3v) is 5.73. The summed E-state index contributed by atoms with van der Waals surface area (Å²) in [6.45, 7) is 7.31. The molecule has 0 saturated carbocycles. The van der Waals surface area contributed by atoms with Crippen LogP contribution in [-0.2, 0) is 16.0 Å². The van der Waals surface area contributed by atoms with Crippen molar-refractivity contribution in [2.45, 2.75) is 46.0 Å². The first-order valence-corrected chi connectivity index (χ1v) is 9.84. The molecule has 28 heavy (non-hydrogen) atoms. The van der Waals surface area contributed by atoms with Gasteiger partial charge in [0.05, 0.1) is 24.2 Å². The second kappa shape index (κ2) is 7.81. The quantitative estimate of drug-likeness (QED) is 0.845. The van der Waals surface area contributed by atoms with Gasteiger partial charge in [0.1, 0.15) is 5.82 Å². The fourth-order valence-electron chi connectivity index (χ4n) is 4.29. The third kappa shape index (κ3) is 3.57. The first kappa shape index (κ1) is 20.2. The Morgan fingerprint density at radius 3 is 2.54 bits per heavy atom. The maximum atomic E-state index is 13.2. The maximum Gasteiger partial charge on any atom is 0.162 e. The molecule has 1 heterocycles. The number of rotatable bonds is 5. The van der Waals surface area contributed by atoms with Crippen LogP contribution in [0.5, 0.6) is 0 Å². The van der Waals surface area contributed by atoms with Crippen LogP contribution in [-0.4, -0.2) is 30.9 Å². The van der Waals surface area contributed by atoms with E-state index in [2.05, 4.69) is 39.0 Å². The minimum Gasteiger partial charge on any atom is -0.384 e. The van der Waals surface area contributed by atoms with E-state index >= 15 is 0 Å². The Bertz CT molecular complexity index is 872. The van der Waals surface area contributed by atoms with Crippen molar-refractivity contribution in [1.82, 2.24) is 4.90 Å². The maximum absolute atomic E-state index is 13.2. The molecule has 0 radical (unpaired) electrons. The molecule has 0 unspecified atom stereocenters. The number of aryl methyl sites for hydroxylation is 1. The second-order valence-electron chi connectivity index (χ2n) is 8.38. The number of ether oxygens (including phenoxy) is 1. The van der Waals surface area contributed by atoms with Crippen LogP contribution in [0.4, 0.5) is 0 Å². The van der Waals surface area contributed by atoms with E-state index in [-0.39, 0.29) is 11.2 Å². The van der Waals surface area contributed by atoms with Gasteiger partial charge in [-0.2, -0.15) is 5.26 Å². The lowest BCUT2D eigenvalue weighted by Crippen LogP contribution is -2.43. The predicted molar refractivity (Wildman–Crippen MR) is 109 cm³/mol. The summed E-state index contributed by atoms with van der Waals surface area (Å²) in [5.41, 5.74) is 10.6. The highest BCUT2D eigenvalue weighted by atomic mass is 16.5. The van der Waals surface area contributed by atoms with Gasteiger partial charge in [-0.15, -0.1) is 0 Å². The number of nitrogens with zero attached hydrogens (tertiary/aromatic N) is 2. The Kier molecular flexibility index (Phi) is 5.62. The van der Waals surface area contributed by atoms with Crippen molar-refractivity contribution in [1.29, 1.82) is 5.26 Å². The number of benzene rings is 1. The Labute approximate surface area is 167 Å². The summed E-state index contributed by atoms with van der Waals surface area (Å²) < 4.78 is 5.25. The summed E-state index contributed by atoms with van der Waals surface area (Å²) in [4.78, 5) is 15.2. The molecule has 5 nitrogen and oxygen atoms in total. The molecular formula is C23H29N3O2. The Morgan fingerprint density at radius 2 is 1.96 bits per heavy atom. The fourth-order valence-corrected chi connectivity index (χ4v) is 4.29. The first-order valence-electron chi connectivity index (χ1n) is 9.84. The molecule has 0 amide bonds. The molecule has 1 atom stereocenters. The molecule has 0 aromatic heterocycles. The smallest absolute Gasteiger partial charge is 0.162 e. The van der Waals surface area contributed by atoms with Gasteiger partial charge in [0.25, 0.3) is 0 Å². The number of nitrogens with two attached hydrogens (primary N) is 1. The molecule has 1 aromatic carbocycles. The van der Waals surface area contributed by atoms with Gasteiger partial charge in [0, 0.05) is 31.3 Å². The van der Waals surface area contributed by atoms with Crippen LogP contribution in [0, 0.1) is 16.7 Å². The lowest BCUT2D eigenvalue weighted by molar-refractivity contribution is -0.118. The van der Waals surface area contributed by atoms with Crippen LogP contribution in [0.25, 0.3) is 0 Å². The molecule has 2 N–H and O–H groups in total. The predicted octanol–water partition coefficient (Wildman–Crippen LogP) is 3.63. The van der Waals surface area contributed by atoms with Crippen LogP contribution in [0.15, 0.2) is 46.9 Å². The van der Waals surface area contributed by atoms with E-state index in [1.807, 2.05) is 17.0 Å². The number of ketones is 1. The van der Waals surface area contributed by atoms with Gasteiger partial charge in [-0.25, -0.2) is 0 Å². The topological polar surface area (TPSA) is 79.3 Å². The molecular weight excluding hydrogens is 350 g/mol. The number of carbonyl (C=O) groups excluding carboxylic acids is 1. The Balaban J connectivity index is 2.18. The van der Waals surface area contributed by atoms with E-state index in [9.17, 15) is 10.1 Å². The SMILES string of the molecule is CCc1ccc([C@H]2C(C#N)=C(N)N(CCOC)C3=C2C(=O)CC(C)(C)C3)cc1. The molecule has 2 aliphatic rings. The van der Waals surface area contributed by atoms with Gasteiger partial charge >= 0.3 is 0 Å². The van der Waals surface area contributed by atoms with Crippen LogP contribution in [0.3, 0.4) is 0 Å². The van der Waals surface area contributed by atoms with Crippen LogP contribution < -0.4 is 5.73 Å². The summed E-state index contributed by atoms with van der Waals surface area (Å²) in [7, 11) is 1.64. The molecule has 148 valence electrons. The van der Waals surface area contributed by atoms with Gasteiger partial charge in [-0.1, -0.05) is 45.0 Å². The third-order valence-electron chi connectivity index (χ3n) is 5.73. The van der Waals surface area contributed by atoms with Crippen molar-refractivity contribution < 1.29 is 9.53 Å². The van der Waals surface area contributed by atoms with Crippen LogP contribution >= 0.6 is 0 Å². The molecule has 3 rings (SSSR count). The molecule has 1 aliphatic heterocycles. The summed E-state index contributed by atoms with van der Waals surface area (Å²) in [6.07, 6.45) is 2.17. The van der Waals surface area contributed by atoms with E-state index in [1.165, 1.54) is 5.56 Å². The lowest BCUT2D eigenvalue weighted by atomic mass is 9.68. The minimum atomic E-state index is -0.395. The van der Waals surface area contributed by atoms with Crippen molar-refractivity contribution in [2.75, 3.05) is 20.3 Å². The minimum absolute atomic E-state index is 0.110. The summed E-state index contributed by atoms with van der Waals surface area (Å²) in [6, 6.07) is 10.5.